The number of nitrogens with zero attached hydrogens (tertiary/aromatic N) is 1. The molecule has 0 bridgehead atoms. The number of pyridine rings is 1. The molecule has 2 N–H and O–H groups in total. The van der Waals surface area contributed by atoms with Crippen LogP contribution in [0.25, 0.3) is 0 Å². The number of nitrogens with one attached hydrogen (secondary N) is 1. The van der Waals surface area contributed by atoms with Gasteiger partial charge in [0, 0.05) is 12.6 Å². The van der Waals surface area contributed by atoms with Gasteiger partial charge in [-0.15, -0.1) is 0 Å². The second-order valence-corrected chi connectivity index (χ2v) is 5.72. The maximum absolute atomic E-state index is 11.9. The molecule has 1 aromatic rings. The van der Waals surface area contributed by atoms with E-state index in [1.54, 1.807) is 0 Å². The Labute approximate surface area is 112 Å². The van der Waals surface area contributed by atoms with Gasteiger partial charge in [-0.1, -0.05) is 0 Å². The molecular weight excluding hydrogens is 301 g/mol. The zero-order chi connectivity index (χ0) is 15.4. The van der Waals surface area contributed by atoms with E-state index < -0.39 is 40.8 Å². The number of halogens is 3. The van der Waals surface area contributed by atoms with Gasteiger partial charge in [-0.3, -0.25) is 4.72 Å². The highest BCUT2D eigenvalue weighted by Gasteiger charge is 2.27. The Bertz CT molecular complexity index is 586. The molecule has 1 heterocycles. The van der Waals surface area contributed by atoms with Crippen molar-refractivity contribution >= 4 is 21.7 Å². The van der Waals surface area contributed by atoms with Gasteiger partial charge >= 0.3 is 12.1 Å². The van der Waals surface area contributed by atoms with Crippen LogP contribution in [-0.4, -0.2) is 36.4 Å². The van der Waals surface area contributed by atoms with Crippen molar-refractivity contribution in [2.24, 2.45) is 0 Å². The molecule has 112 valence electrons. The van der Waals surface area contributed by atoms with Crippen molar-refractivity contribution in [3.63, 3.8) is 0 Å². The first-order chi connectivity index (χ1) is 9.09. The second-order valence-electron chi connectivity index (χ2n) is 3.87. The molecule has 0 saturated carbocycles. The van der Waals surface area contributed by atoms with Gasteiger partial charge in [0.2, 0.25) is 10.0 Å². The molecule has 10 heteroatoms. The molecule has 0 unspecified atom stereocenters. The van der Waals surface area contributed by atoms with E-state index in [1.165, 1.54) is 6.07 Å². The van der Waals surface area contributed by atoms with Crippen molar-refractivity contribution in [2.75, 3.05) is 10.5 Å². The summed E-state index contributed by atoms with van der Waals surface area (Å²) in [4.78, 5) is 14.1. The van der Waals surface area contributed by atoms with Crippen LogP contribution in [0.15, 0.2) is 18.3 Å². The van der Waals surface area contributed by atoms with Crippen molar-refractivity contribution < 1.29 is 31.5 Å². The number of aromatic carboxylic acids is 1. The molecule has 0 saturated heterocycles. The molecule has 0 fully saturated rings. The molecule has 20 heavy (non-hydrogen) atoms. The summed E-state index contributed by atoms with van der Waals surface area (Å²) in [7, 11) is -3.97. The lowest BCUT2D eigenvalue weighted by Gasteiger charge is -2.09. The van der Waals surface area contributed by atoms with Gasteiger partial charge < -0.3 is 5.11 Å². The van der Waals surface area contributed by atoms with Crippen molar-refractivity contribution in [3.05, 3.63) is 24.0 Å². The zero-order valence-corrected chi connectivity index (χ0v) is 10.8. The summed E-state index contributed by atoms with van der Waals surface area (Å²) < 4.78 is 60.8. The van der Waals surface area contributed by atoms with Crippen LogP contribution in [0.5, 0.6) is 0 Å². The van der Waals surface area contributed by atoms with Crippen molar-refractivity contribution in [2.45, 2.75) is 19.0 Å². The summed E-state index contributed by atoms with van der Waals surface area (Å²) >= 11 is 0. The Hall–Kier alpha value is -1.84. The third-order valence-corrected chi connectivity index (χ3v) is 3.50. The van der Waals surface area contributed by atoms with Crippen LogP contribution < -0.4 is 4.72 Å². The lowest BCUT2D eigenvalue weighted by atomic mass is 10.3. The van der Waals surface area contributed by atoms with E-state index in [0.29, 0.717) is 0 Å². The Morgan fingerprint density at radius 2 is 2.05 bits per heavy atom. The SMILES string of the molecule is O=C(O)c1cc(NS(=O)(=O)CCCC(F)(F)F)ccn1. The second kappa shape index (κ2) is 6.07. The molecule has 6 nitrogen and oxygen atoms in total. The molecule has 0 atom stereocenters. The van der Waals surface area contributed by atoms with E-state index in [4.69, 9.17) is 5.11 Å². The molecule has 0 amide bonds. The molecule has 1 aromatic heterocycles. The van der Waals surface area contributed by atoms with E-state index in [0.717, 1.165) is 12.3 Å². The first-order valence-electron chi connectivity index (χ1n) is 5.36. The van der Waals surface area contributed by atoms with E-state index >= 15 is 0 Å². The maximum atomic E-state index is 11.9. The topological polar surface area (TPSA) is 96.4 Å². The van der Waals surface area contributed by atoms with E-state index in [9.17, 15) is 26.4 Å². The minimum absolute atomic E-state index is 0.0654. The Kier molecular flexibility index (Phi) is 4.93. The number of rotatable bonds is 6. The van der Waals surface area contributed by atoms with Crippen molar-refractivity contribution in [3.8, 4) is 0 Å². The quantitative estimate of drug-likeness (QED) is 0.836. The van der Waals surface area contributed by atoms with Gasteiger partial charge in [-0.25, -0.2) is 18.2 Å². The van der Waals surface area contributed by atoms with Crippen LogP contribution >= 0.6 is 0 Å². The normalized spacial score (nSPS) is 12.2. The minimum Gasteiger partial charge on any atom is -0.477 e. The van der Waals surface area contributed by atoms with Crippen LogP contribution in [0.2, 0.25) is 0 Å². The molecule has 0 aliphatic carbocycles. The predicted molar refractivity (Wildman–Crippen MR) is 63.9 cm³/mol. The Morgan fingerprint density at radius 1 is 1.40 bits per heavy atom. The van der Waals surface area contributed by atoms with E-state index in [-0.39, 0.29) is 11.4 Å². The molecule has 0 aliphatic heterocycles. The van der Waals surface area contributed by atoms with Crippen LogP contribution in [0, 0.1) is 0 Å². The third-order valence-electron chi connectivity index (χ3n) is 2.13. The van der Waals surface area contributed by atoms with Crippen LogP contribution in [-0.2, 0) is 10.0 Å². The van der Waals surface area contributed by atoms with E-state index in [1.807, 2.05) is 4.72 Å². The number of alkyl halides is 3. The number of carboxylic acids is 1. The summed E-state index contributed by atoms with van der Waals surface area (Å²) in [5.74, 6) is -2.06. The summed E-state index contributed by atoms with van der Waals surface area (Å²) in [5.41, 5.74) is -0.440. The van der Waals surface area contributed by atoms with Gasteiger partial charge in [-0.05, 0) is 18.6 Å². The number of hydrogen-bond acceptors (Lipinski definition) is 4. The molecule has 1 rings (SSSR count). The summed E-state index contributed by atoms with van der Waals surface area (Å²) in [6.45, 7) is 0. The number of sulfonamides is 1. The molecule has 0 aliphatic rings. The largest absolute Gasteiger partial charge is 0.477 e. The van der Waals surface area contributed by atoms with Crippen LogP contribution in [0.3, 0.4) is 0 Å². The van der Waals surface area contributed by atoms with Crippen molar-refractivity contribution in [1.82, 2.24) is 4.98 Å². The number of carboxylic acid groups (broad SMARTS) is 1. The molecule has 0 radical (unpaired) electrons. The Balaban J connectivity index is 2.67. The monoisotopic (exact) mass is 312 g/mol. The number of hydrogen-bond donors (Lipinski definition) is 2. The number of anilines is 1. The highest BCUT2D eigenvalue weighted by Crippen LogP contribution is 2.22. The fourth-order valence-electron chi connectivity index (χ4n) is 1.30. The smallest absolute Gasteiger partial charge is 0.389 e. The lowest BCUT2D eigenvalue weighted by Crippen LogP contribution is -2.19. The fourth-order valence-corrected chi connectivity index (χ4v) is 2.42. The highest BCUT2D eigenvalue weighted by atomic mass is 32.2. The van der Waals surface area contributed by atoms with Gasteiger partial charge in [0.15, 0.2) is 0 Å². The average Bonchev–Trinajstić information content (AvgIpc) is 2.26. The van der Waals surface area contributed by atoms with Crippen LogP contribution in [0.4, 0.5) is 18.9 Å². The molecular formula is C10H11F3N2O4S. The summed E-state index contributed by atoms with van der Waals surface area (Å²) in [6.07, 6.45) is -5.11. The average molecular weight is 312 g/mol. The maximum Gasteiger partial charge on any atom is 0.389 e. The highest BCUT2D eigenvalue weighted by molar-refractivity contribution is 7.92. The van der Waals surface area contributed by atoms with Gasteiger partial charge in [0.05, 0.1) is 11.4 Å². The van der Waals surface area contributed by atoms with Crippen molar-refractivity contribution in [1.29, 1.82) is 0 Å². The van der Waals surface area contributed by atoms with E-state index in [2.05, 4.69) is 4.98 Å². The molecule has 0 spiro atoms. The fraction of sp³-hybridized carbons (Fsp3) is 0.400. The van der Waals surface area contributed by atoms with Gasteiger partial charge in [-0.2, -0.15) is 13.2 Å². The van der Waals surface area contributed by atoms with Crippen LogP contribution in [0.1, 0.15) is 23.3 Å². The first-order valence-corrected chi connectivity index (χ1v) is 7.01. The Morgan fingerprint density at radius 3 is 2.60 bits per heavy atom. The van der Waals surface area contributed by atoms with Gasteiger partial charge in [0.25, 0.3) is 0 Å². The lowest BCUT2D eigenvalue weighted by molar-refractivity contribution is -0.134. The minimum atomic E-state index is -4.41. The zero-order valence-electron chi connectivity index (χ0n) is 10.0. The summed E-state index contributed by atoms with van der Waals surface area (Å²) in [6, 6.07) is 2.18. The standard InChI is InChI=1S/C10H11F3N2O4S/c11-10(12,13)3-1-5-20(18,19)15-7-2-4-14-8(6-7)9(16)17/h2,4,6H,1,3,5H2,(H,14,15)(H,16,17). The first kappa shape index (κ1) is 16.2. The molecule has 0 aromatic carbocycles. The predicted octanol–water partition coefficient (Wildman–Crippen LogP) is 1.86. The number of carbonyl (C=O) groups is 1. The van der Waals surface area contributed by atoms with Gasteiger partial charge in [0.1, 0.15) is 5.69 Å². The number of aromatic nitrogens is 1. The summed E-state index contributed by atoms with van der Waals surface area (Å²) in [5, 5.41) is 8.67. The third kappa shape index (κ3) is 5.87.